The molecule has 1 aromatic carbocycles. The van der Waals surface area contributed by atoms with Gasteiger partial charge in [-0.25, -0.2) is 0 Å². The maximum absolute atomic E-state index is 8.83. The van der Waals surface area contributed by atoms with E-state index in [0.717, 1.165) is 13.1 Å². The van der Waals surface area contributed by atoms with Crippen LogP contribution in [0.25, 0.3) is 0 Å². The molecule has 19 heavy (non-hydrogen) atoms. The Morgan fingerprint density at radius 2 is 1.89 bits per heavy atom. The fourth-order valence-corrected chi connectivity index (χ4v) is 2.18. The van der Waals surface area contributed by atoms with Gasteiger partial charge in [-0.15, -0.1) is 0 Å². The van der Waals surface area contributed by atoms with Gasteiger partial charge in [-0.1, -0.05) is 32.9 Å². The average molecular weight is 259 g/mol. The van der Waals surface area contributed by atoms with Crippen LogP contribution in [0.3, 0.4) is 0 Å². The SMILES string of the molecule is CCN(CC(C)(C)CN)C(C)c1ccc(C#N)cc1. The van der Waals surface area contributed by atoms with Crippen LogP contribution in [0.15, 0.2) is 24.3 Å². The van der Waals surface area contributed by atoms with Crippen molar-refractivity contribution in [2.75, 3.05) is 19.6 Å². The van der Waals surface area contributed by atoms with Crippen LogP contribution in [-0.2, 0) is 0 Å². The van der Waals surface area contributed by atoms with Crippen molar-refractivity contribution in [2.24, 2.45) is 11.1 Å². The summed E-state index contributed by atoms with van der Waals surface area (Å²) < 4.78 is 0. The third-order valence-corrected chi connectivity index (χ3v) is 3.66. The van der Waals surface area contributed by atoms with Crippen molar-refractivity contribution in [1.82, 2.24) is 4.90 Å². The fourth-order valence-electron chi connectivity index (χ4n) is 2.18. The molecule has 1 aromatic rings. The van der Waals surface area contributed by atoms with Gasteiger partial charge < -0.3 is 5.73 Å². The third-order valence-electron chi connectivity index (χ3n) is 3.66. The first-order chi connectivity index (χ1) is 8.93. The minimum atomic E-state index is 0.122. The second-order valence-corrected chi connectivity index (χ2v) is 5.84. The van der Waals surface area contributed by atoms with Crippen molar-refractivity contribution < 1.29 is 0 Å². The highest BCUT2D eigenvalue weighted by atomic mass is 15.2. The number of benzene rings is 1. The average Bonchev–Trinajstić information content (AvgIpc) is 2.44. The van der Waals surface area contributed by atoms with E-state index in [4.69, 9.17) is 11.0 Å². The number of nitriles is 1. The van der Waals surface area contributed by atoms with Crippen LogP contribution in [0.2, 0.25) is 0 Å². The Hall–Kier alpha value is -1.37. The first-order valence-corrected chi connectivity index (χ1v) is 6.87. The standard InChI is InChI=1S/C16H25N3/c1-5-19(12-16(3,4)11-18)13(2)15-8-6-14(10-17)7-9-15/h6-9,13H,5,11-12,18H2,1-4H3. The molecule has 0 heterocycles. The maximum atomic E-state index is 8.83. The van der Waals surface area contributed by atoms with E-state index < -0.39 is 0 Å². The largest absolute Gasteiger partial charge is 0.330 e. The van der Waals surface area contributed by atoms with Crippen molar-refractivity contribution in [3.05, 3.63) is 35.4 Å². The molecule has 0 aliphatic carbocycles. The summed E-state index contributed by atoms with van der Waals surface area (Å²) >= 11 is 0. The van der Waals surface area contributed by atoms with Gasteiger partial charge in [0.2, 0.25) is 0 Å². The molecule has 104 valence electrons. The molecule has 0 bridgehead atoms. The molecule has 1 rings (SSSR count). The predicted octanol–water partition coefficient (Wildman–Crippen LogP) is 2.93. The lowest BCUT2D eigenvalue weighted by atomic mass is 9.91. The van der Waals surface area contributed by atoms with E-state index >= 15 is 0 Å². The van der Waals surface area contributed by atoms with Gasteiger partial charge in [0, 0.05) is 12.6 Å². The van der Waals surface area contributed by atoms with Gasteiger partial charge in [0.15, 0.2) is 0 Å². The molecule has 0 amide bonds. The van der Waals surface area contributed by atoms with E-state index in [1.165, 1.54) is 5.56 Å². The van der Waals surface area contributed by atoms with Crippen LogP contribution < -0.4 is 5.73 Å². The molecule has 0 saturated carbocycles. The summed E-state index contributed by atoms with van der Waals surface area (Å²) in [4.78, 5) is 2.42. The van der Waals surface area contributed by atoms with Crippen LogP contribution in [0.4, 0.5) is 0 Å². The lowest BCUT2D eigenvalue weighted by molar-refractivity contribution is 0.148. The molecule has 1 unspecified atom stereocenters. The molecule has 2 N–H and O–H groups in total. The van der Waals surface area contributed by atoms with Crippen molar-refractivity contribution in [2.45, 2.75) is 33.7 Å². The highest BCUT2D eigenvalue weighted by molar-refractivity contribution is 5.32. The summed E-state index contributed by atoms with van der Waals surface area (Å²) in [7, 11) is 0. The normalized spacial score (nSPS) is 13.3. The molecule has 0 aromatic heterocycles. The maximum Gasteiger partial charge on any atom is 0.0991 e. The molecule has 0 fully saturated rings. The Kier molecular flexibility index (Phi) is 5.53. The Labute approximate surface area is 117 Å². The molecule has 0 aliphatic rings. The minimum Gasteiger partial charge on any atom is -0.330 e. The topological polar surface area (TPSA) is 53.0 Å². The van der Waals surface area contributed by atoms with E-state index in [2.05, 4.69) is 38.7 Å². The molecular weight excluding hydrogens is 234 g/mol. The highest BCUT2D eigenvalue weighted by Crippen LogP contribution is 2.25. The lowest BCUT2D eigenvalue weighted by Gasteiger charge is -2.35. The third kappa shape index (κ3) is 4.34. The number of nitrogens with zero attached hydrogens (tertiary/aromatic N) is 2. The quantitative estimate of drug-likeness (QED) is 0.854. The van der Waals surface area contributed by atoms with Gasteiger partial charge in [-0.3, -0.25) is 4.90 Å². The molecule has 3 nitrogen and oxygen atoms in total. The Bertz CT molecular complexity index is 428. The Morgan fingerprint density at radius 1 is 1.32 bits per heavy atom. The Balaban J connectivity index is 2.83. The first kappa shape index (κ1) is 15.7. The number of nitrogens with two attached hydrogens (primary N) is 1. The monoisotopic (exact) mass is 259 g/mol. The molecule has 0 aliphatic heterocycles. The van der Waals surface area contributed by atoms with Gasteiger partial charge in [-0.2, -0.15) is 5.26 Å². The van der Waals surface area contributed by atoms with E-state index in [-0.39, 0.29) is 5.41 Å². The van der Waals surface area contributed by atoms with Crippen molar-refractivity contribution >= 4 is 0 Å². The van der Waals surface area contributed by atoms with E-state index in [1.54, 1.807) is 0 Å². The van der Waals surface area contributed by atoms with Crippen molar-refractivity contribution in [3.63, 3.8) is 0 Å². The zero-order chi connectivity index (χ0) is 14.5. The summed E-state index contributed by atoms with van der Waals surface area (Å²) in [6.45, 7) is 11.4. The zero-order valence-electron chi connectivity index (χ0n) is 12.5. The van der Waals surface area contributed by atoms with Crippen LogP contribution in [0, 0.1) is 16.7 Å². The zero-order valence-corrected chi connectivity index (χ0v) is 12.5. The number of rotatable bonds is 6. The summed E-state index contributed by atoms with van der Waals surface area (Å²) in [6.07, 6.45) is 0. The number of hydrogen-bond acceptors (Lipinski definition) is 3. The van der Waals surface area contributed by atoms with Gasteiger partial charge in [0.1, 0.15) is 0 Å². The second-order valence-electron chi connectivity index (χ2n) is 5.84. The van der Waals surface area contributed by atoms with Gasteiger partial charge in [0.25, 0.3) is 0 Å². The van der Waals surface area contributed by atoms with Gasteiger partial charge in [0.05, 0.1) is 11.6 Å². The highest BCUT2D eigenvalue weighted by Gasteiger charge is 2.23. The van der Waals surface area contributed by atoms with Gasteiger partial charge in [-0.05, 0) is 43.1 Å². The smallest absolute Gasteiger partial charge is 0.0991 e. The van der Waals surface area contributed by atoms with Gasteiger partial charge >= 0.3 is 0 Å². The Morgan fingerprint density at radius 3 is 2.32 bits per heavy atom. The molecular formula is C16H25N3. The fraction of sp³-hybridized carbons (Fsp3) is 0.562. The molecule has 1 atom stereocenters. The lowest BCUT2D eigenvalue weighted by Crippen LogP contribution is -2.39. The molecule has 0 saturated heterocycles. The summed E-state index contributed by atoms with van der Waals surface area (Å²) in [6, 6.07) is 10.3. The minimum absolute atomic E-state index is 0.122. The van der Waals surface area contributed by atoms with E-state index in [0.29, 0.717) is 18.2 Å². The van der Waals surface area contributed by atoms with Crippen LogP contribution in [-0.4, -0.2) is 24.5 Å². The molecule has 0 radical (unpaired) electrons. The van der Waals surface area contributed by atoms with Crippen molar-refractivity contribution in [3.8, 4) is 6.07 Å². The second kappa shape index (κ2) is 6.70. The van der Waals surface area contributed by atoms with E-state index in [9.17, 15) is 0 Å². The van der Waals surface area contributed by atoms with Crippen LogP contribution in [0.5, 0.6) is 0 Å². The summed E-state index contributed by atoms with van der Waals surface area (Å²) in [5.74, 6) is 0. The summed E-state index contributed by atoms with van der Waals surface area (Å²) in [5.41, 5.74) is 7.90. The van der Waals surface area contributed by atoms with Crippen LogP contribution >= 0.6 is 0 Å². The number of hydrogen-bond donors (Lipinski definition) is 1. The molecule has 3 heteroatoms. The first-order valence-electron chi connectivity index (χ1n) is 6.87. The summed E-state index contributed by atoms with van der Waals surface area (Å²) in [5, 5.41) is 8.83. The molecule has 0 spiro atoms. The van der Waals surface area contributed by atoms with Crippen LogP contribution in [0.1, 0.15) is 44.9 Å². The van der Waals surface area contributed by atoms with Crippen molar-refractivity contribution in [1.29, 1.82) is 5.26 Å². The van der Waals surface area contributed by atoms with E-state index in [1.807, 2.05) is 24.3 Å². The predicted molar refractivity (Wildman–Crippen MR) is 79.7 cm³/mol.